The average molecular weight is 296 g/mol. The van der Waals surface area contributed by atoms with E-state index in [0.29, 0.717) is 5.82 Å². The number of rotatable bonds is 2. The van der Waals surface area contributed by atoms with Gasteiger partial charge in [-0.1, -0.05) is 18.2 Å². The molecule has 0 spiro atoms. The number of nitrogen functional groups attached to an aromatic ring is 1. The molecular formula is C18H24N4. The highest BCUT2D eigenvalue weighted by Gasteiger charge is 2.27. The van der Waals surface area contributed by atoms with E-state index in [-0.39, 0.29) is 0 Å². The Bertz CT molecular complexity index is 655. The van der Waals surface area contributed by atoms with Gasteiger partial charge in [-0.15, -0.1) is 0 Å². The monoisotopic (exact) mass is 296 g/mol. The van der Waals surface area contributed by atoms with Gasteiger partial charge in [0.1, 0.15) is 5.82 Å². The molecule has 2 fully saturated rings. The first-order valence-corrected chi connectivity index (χ1v) is 8.45. The number of hydrogen-bond acceptors (Lipinski definition) is 4. The van der Waals surface area contributed by atoms with E-state index in [1.807, 2.05) is 18.2 Å². The highest BCUT2D eigenvalue weighted by Crippen LogP contribution is 2.31. The molecule has 4 rings (SSSR count). The number of likely N-dealkylation sites (tertiary alicyclic amines) is 1. The Balaban J connectivity index is 1.56. The van der Waals surface area contributed by atoms with Crippen LogP contribution in [-0.2, 0) is 0 Å². The lowest BCUT2D eigenvalue weighted by Crippen LogP contribution is -2.43. The van der Waals surface area contributed by atoms with Gasteiger partial charge in [0, 0.05) is 36.3 Å². The van der Waals surface area contributed by atoms with E-state index in [4.69, 9.17) is 5.73 Å². The zero-order valence-electron chi connectivity index (χ0n) is 13.0. The smallest absolute Gasteiger partial charge is 0.126 e. The van der Waals surface area contributed by atoms with Crippen LogP contribution in [0.5, 0.6) is 0 Å². The Hall–Kier alpha value is -1.81. The van der Waals surface area contributed by atoms with Crippen LogP contribution < -0.4 is 10.6 Å². The maximum Gasteiger partial charge on any atom is 0.126 e. The van der Waals surface area contributed by atoms with Crippen molar-refractivity contribution in [2.75, 3.05) is 36.8 Å². The van der Waals surface area contributed by atoms with Gasteiger partial charge in [0.25, 0.3) is 0 Å². The predicted molar refractivity (Wildman–Crippen MR) is 92.2 cm³/mol. The second-order valence-electron chi connectivity index (χ2n) is 6.54. The summed E-state index contributed by atoms with van der Waals surface area (Å²) >= 11 is 0. The number of nitrogens with two attached hydrogens (primary N) is 1. The van der Waals surface area contributed by atoms with Gasteiger partial charge < -0.3 is 15.5 Å². The molecule has 0 unspecified atom stereocenters. The van der Waals surface area contributed by atoms with Gasteiger partial charge in [0.05, 0.1) is 5.52 Å². The van der Waals surface area contributed by atoms with Gasteiger partial charge in [-0.25, -0.2) is 4.98 Å². The third kappa shape index (κ3) is 2.52. The summed E-state index contributed by atoms with van der Waals surface area (Å²) in [5.74, 6) is 0.621. The molecule has 1 aromatic heterocycles. The van der Waals surface area contributed by atoms with Gasteiger partial charge >= 0.3 is 0 Å². The summed E-state index contributed by atoms with van der Waals surface area (Å²) in [6.45, 7) is 4.84. The minimum atomic E-state index is 0.621. The van der Waals surface area contributed by atoms with Crippen molar-refractivity contribution in [1.82, 2.24) is 9.88 Å². The molecule has 2 N–H and O–H groups in total. The van der Waals surface area contributed by atoms with Gasteiger partial charge in [-0.3, -0.25) is 0 Å². The lowest BCUT2D eigenvalue weighted by molar-refractivity contribution is 0.208. The third-order valence-corrected chi connectivity index (χ3v) is 5.18. The normalized spacial score (nSPS) is 20.8. The summed E-state index contributed by atoms with van der Waals surface area (Å²) in [5, 5.41) is 1.22. The summed E-state index contributed by atoms with van der Waals surface area (Å²) in [4.78, 5) is 9.64. The summed E-state index contributed by atoms with van der Waals surface area (Å²) in [5.41, 5.74) is 8.26. The van der Waals surface area contributed by atoms with Crippen LogP contribution in [0.15, 0.2) is 30.3 Å². The highest BCUT2D eigenvalue weighted by molar-refractivity contribution is 5.93. The van der Waals surface area contributed by atoms with Crippen LogP contribution in [0.3, 0.4) is 0 Å². The second kappa shape index (κ2) is 5.76. The van der Waals surface area contributed by atoms with E-state index >= 15 is 0 Å². The summed E-state index contributed by atoms with van der Waals surface area (Å²) in [6, 6.07) is 11.1. The lowest BCUT2D eigenvalue weighted by atomic mass is 10.0. The molecule has 3 heterocycles. The van der Waals surface area contributed by atoms with Crippen molar-refractivity contribution >= 4 is 22.4 Å². The summed E-state index contributed by atoms with van der Waals surface area (Å²) < 4.78 is 0. The molecule has 4 heteroatoms. The van der Waals surface area contributed by atoms with Crippen LogP contribution in [0.4, 0.5) is 11.5 Å². The number of fused-ring (bicyclic) bond motifs is 1. The fourth-order valence-corrected chi connectivity index (χ4v) is 4.02. The molecule has 0 radical (unpaired) electrons. The summed E-state index contributed by atoms with van der Waals surface area (Å²) in [6.07, 6.45) is 5.28. The van der Waals surface area contributed by atoms with Crippen molar-refractivity contribution in [3.63, 3.8) is 0 Å². The Morgan fingerprint density at radius 2 is 1.73 bits per heavy atom. The predicted octanol–water partition coefficient (Wildman–Crippen LogP) is 2.88. The van der Waals surface area contributed by atoms with Gasteiger partial charge in [-0.2, -0.15) is 0 Å². The Kier molecular flexibility index (Phi) is 3.62. The molecular weight excluding hydrogens is 272 g/mol. The standard InChI is InChI=1S/C18H24N4/c19-18-13-17(15-5-1-2-6-16(15)20-18)22-11-7-14(8-12-22)21-9-3-4-10-21/h1-2,5-6,13-14H,3-4,7-12H2,(H2,19,20). The number of para-hydroxylation sites is 1. The van der Waals surface area contributed by atoms with Crippen molar-refractivity contribution < 1.29 is 0 Å². The number of aromatic nitrogens is 1. The first-order chi connectivity index (χ1) is 10.8. The van der Waals surface area contributed by atoms with E-state index in [0.717, 1.165) is 24.6 Å². The van der Waals surface area contributed by atoms with Crippen molar-refractivity contribution in [3.8, 4) is 0 Å². The topological polar surface area (TPSA) is 45.4 Å². The number of piperidine rings is 1. The van der Waals surface area contributed by atoms with Gasteiger partial charge in [0.2, 0.25) is 0 Å². The van der Waals surface area contributed by atoms with Crippen LogP contribution in [-0.4, -0.2) is 42.1 Å². The molecule has 2 aliphatic rings. The number of hydrogen-bond donors (Lipinski definition) is 1. The number of pyridine rings is 1. The zero-order chi connectivity index (χ0) is 14.9. The second-order valence-corrected chi connectivity index (χ2v) is 6.54. The summed E-state index contributed by atoms with van der Waals surface area (Å²) in [7, 11) is 0. The number of anilines is 2. The quantitative estimate of drug-likeness (QED) is 0.925. The minimum absolute atomic E-state index is 0.621. The van der Waals surface area contributed by atoms with E-state index in [2.05, 4.69) is 26.9 Å². The van der Waals surface area contributed by atoms with E-state index in [9.17, 15) is 0 Å². The number of benzene rings is 1. The van der Waals surface area contributed by atoms with Gasteiger partial charge in [-0.05, 0) is 44.8 Å². The Morgan fingerprint density at radius 1 is 1.00 bits per heavy atom. The van der Waals surface area contributed by atoms with Crippen molar-refractivity contribution in [1.29, 1.82) is 0 Å². The zero-order valence-corrected chi connectivity index (χ0v) is 13.0. The van der Waals surface area contributed by atoms with Crippen molar-refractivity contribution in [2.45, 2.75) is 31.7 Å². The van der Waals surface area contributed by atoms with Crippen LogP contribution in [0, 0.1) is 0 Å². The van der Waals surface area contributed by atoms with Crippen LogP contribution in [0.25, 0.3) is 10.9 Å². The molecule has 2 aliphatic heterocycles. The SMILES string of the molecule is Nc1cc(N2CCC(N3CCCC3)CC2)c2ccccc2n1. The molecule has 2 aromatic rings. The first kappa shape index (κ1) is 13.8. The average Bonchev–Trinajstić information content (AvgIpc) is 3.09. The van der Waals surface area contributed by atoms with Gasteiger partial charge in [0.15, 0.2) is 0 Å². The number of nitrogens with zero attached hydrogens (tertiary/aromatic N) is 3. The van der Waals surface area contributed by atoms with E-state index in [1.54, 1.807) is 0 Å². The maximum atomic E-state index is 6.01. The van der Waals surface area contributed by atoms with E-state index in [1.165, 1.54) is 49.8 Å². The molecule has 116 valence electrons. The van der Waals surface area contributed by atoms with Crippen molar-refractivity contribution in [3.05, 3.63) is 30.3 Å². The molecule has 2 saturated heterocycles. The largest absolute Gasteiger partial charge is 0.384 e. The third-order valence-electron chi connectivity index (χ3n) is 5.18. The molecule has 0 aliphatic carbocycles. The molecule has 0 amide bonds. The molecule has 0 bridgehead atoms. The van der Waals surface area contributed by atoms with Crippen LogP contribution >= 0.6 is 0 Å². The first-order valence-electron chi connectivity index (χ1n) is 8.45. The van der Waals surface area contributed by atoms with E-state index < -0.39 is 0 Å². The van der Waals surface area contributed by atoms with Crippen LogP contribution in [0.2, 0.25) is 0 Å². The Labute approximate surface area is 131 Å². The molecule has 22 heavy (non-hydrogen) atoms. The van der Waals surface area contributed by atoms with Crippen molar-refractivity contribution in [2.24, 2.45) is 0 Å². The Morgan fingerprint density at radius 3 is 2.50 bits per heavy atom. The molecule has 1 aromatic carbocycles. The highest BCUT2D eigenvalue weighted by atomic mass is 15.2. The lowest BCUT2D eigenvalue weighted by Gasteiger charge is -2.38. The fourth-order valence-electron chi connectivity index (χ4n) is 4.02. The fraction of sp³-hybridized carbons (Fsp3) is 0.500. The maximum absolute atomic E-state index is 6.01. The molecule has 0 atom stereocenters. The molecule has 4 nitrogen and oxygen atoms in total. The molecule has 0 saturated carbocycles. The van der Waals surface area contributed by atoms with Crippen LogP contribution in [0.1, 0.15) is 25.7 Å². The minimum Gasteiger partial charge on any atom is -0.384 e.